The lowest BCUT2D eigenvalue weighted by atomic mass is 9.95. The van der Waals surface area contributed by atoms with Gasteiger partial charge in [-0.25, -0.2) is 4.98 Å². The molecule has 4 heteroatoms. The molecule has 19 heavy (non-hydrogen) atoms. The smallest absolute Gasteiger partial charge is 0.107 e. The number of hydrogen-bond donors (Lipinski definition) is 2. The molecule has 2 N–H and O–H groups in total. The van der Waals surface area contributed by atoms with Crippen molar-refractivity contribution in [1.82, 2.24) is 10.3 Å². The molecular weight excluding hydrogens is 256 g/mol. The lowest BCUT2D eigenvalue weighted by molar-refractivity contribution is 0.0451. The van der Waals surface area contributed by atoms with Gasteiger partial charge < -0.3 is 10.4 Å². The van der Waals surface area contributed by atoms with Gasteiger partial charge in [0.1, 0.15) is 5.01 Å². The van der Waals surface area contributed by atoms with E-state index in [9.17, 15) is 5.11 Å². The Morgan fingerprint density at radius 1 is 1.42 bits per heavy atom. The van der Waals surface area contributed by atoms with Crippen LogP contribution < -0.4 is 5.32 Å². The first-order valence-corrected chi connectivity index (χ1v) is 8.18. The molecule has 0 spiro atoms. The van der Waals surface area contributed by atoms with Crippen LogP contribution in [-0.4, -0.2) is 22.2 Å². The minimum atomic E-state index is -0.607. The van der Waals surface area contributed by atoms with Crippen LogP contribution in [0.15, 0.2) is 0 Å². The predicted octanol–water partition coefficient (Wildman–Crippen LogP) is 2.91. The molecule has 0 aromatic carbocycles. The maximum Gasteiger partial charge on any atom is 0.107 e. The third-order valence-corrected chi connectivity index (χ3v) is 4.84. The first kappa shape index (κ1) is 14.9. The highest BCUT2D eigenvalue weighted by molar-refractivity contribution is 7.11. The summed E-state index contributed by atoms with van der Waals surface area (Å²) in [7, 11) is 0. The molecule has 1 aromatic heterocycles. The second kappa shape index (κ2) is 6.33. The molecule has 0 radical (unpaired) electrons. The van der Waals surface area contributed by atoms with Crippen LogP contribution in [0, 0.1) is 5.92 Å². The molecule has 2 rings (SSSR count). The summed E-state index contributed by atoms with van der Waals surface area (Å²) in [4.78, 5) is 6.13. The van der Waals surface area contributed by atoms with Crippen molar-refractivity contribution in [2.24, 2.45) is 5.92 Å². The van der Waals surface area contributed by atoms with Gasteiger partial charge in [0.05, 0.1) is 11.3 Å². The first-order chi connectivity index (χ1) is 8.96. The van der Waals surface area contributed by atoms with Gasteiger partial charge in [0.2, 0.25) is 0 Å². The lowest BCUT2D eigenvalue weighted by Crippen LogP contribution is -2.37. The van der Waals surface area contributed by atoms with Crippen molar-refractivity contribution in [2.45, 2.75) is 65.0 Å². The van der Waals surface area contributed by atoms with Crippen LogP contribution >= 0.6 is 11.3 Å². The SMILES string of the molecule is CC(C)CCC(C)(O)CNCc1nc2c(s1)CCC2. The standard InChI is InChI=1S/C15H26N2OS/c1-11(2)7-8-15(3,18)10-16-9-14-17-12-5-4-6-13(12)19-14/h11,16,18H,4-10H2,1-3H3. The van der Waals surface area contributed by atoms with Crippen LogP contribution in [-0.2, 0) is 19.4 Å². The van der Waals surface area contributed by atoms with Crippen LogP contribution in [0.4, 0.5) is 0 Å². The van der Waals surface area contributed by atoms with E-state index in [2.05, 4.69) is 24.1 Å². The summed E-state index contributed by atoms with van der Waals surface area (Å²) >= 11 is 1.84. The number of aromatic nitrogens is 1. The molecule has 3 nitrogen and oxygen atoms in total. The Labute approximate surface area is 120 Å². The van der Waals surface area contributed by atoms with Crippen LogP contribution in [0.1, 0.15) is 55.6 Å². The van der Waals surface area contributed by atoms with E-state index in [0.29, 0.717) is 12.5 Å². The Kier molecular flexibility index (Phi) is 4.98. The van der Waals surface area contributed by atoms with Gasteiger partial charge in [0, 0.05) is 18.0 Å². The molecule has 1 atom stereocenters. The Bertz CT molecular complexity index is 391. The molecule has 0 fully saturated rings. The molecule has 1 heterocycles. The molecule has 0 bridgehead atoms. The Morgan fingerprint density at radius 3 is 2.89 bits per heavy atom. The molecule has 1 aromatic rings. The average Bonchev–Trinajstić information content (AvgIpc) is 2.87. The van der Waals surface area contributed by atoms with Gasteiger partial charge in [-0.15, -0.1) is 11.3 Å². The molecule has 0 amide bonds. The minimum absolute atomic E-state index is 0.607. The van der Waals surface area contributed by atoms with Crippen molar-refractivity contribution < 1.29 is 5.11 Å². The minimum Gasteiger partial charge on any atom is -0.389 e. The fourth-order valence-corrected chi connectivity index (χ4v) is 3.57. The number of thiazole rings is 1. The molecular formula is C15H26N2OS. The first-order valence-electron chi connectivity index (χ1n) is 7.37. The maximum atomic E-state index is 10.3. The second-order valence-corrected chi connectivity index (χ2v) is 7.53. The number of aliphatic hydroxyl groups is 1. The van der Waals surface area contributed by atoms with Crippen molar-refractivity contribution in [3.05, 3.63) is 15.6 Å². The summed E-state index contributed by atoms with van der Waals surface area (Å²) in [5.41, 5.74) is 0.706. The van der Waals surface area contributed by atoms with Gasteiger partial charge in [-0.1, -0.05) is 13.8 Å². The highest BCUT2D eigenvalue weighted by Crippen LogP contribution is 2.27. The number of aryl methyl sites for hydroxylation is 2. The highest BCUT2D eigenvalue weighted by atomic mass is 32.1. The van der Waals surface area contributed by atoms with E-state index in [-0.39, 0.29) is 0 Å². The topological polar surface area (TPSA) is 45.1 Å². The summed E-state index contributed by atoms with van der Waals surface area (Å²) in [5.74, 6) is 0.647. The largest absolute Gasteiger partial charge is 0.389 e. The summed E-state index contributed by atoms with van der Waals surface area (Å²) < 4.78 is 0. The molecule has 108 valence electrons. The fourth-order valence-electron chi connectivity index (χ4n) is 2.45. The highest BCUT2D eigenvalue weighted by Gasteiger charge is 2.21. The van der Waals surface area contributed by atoms with Gasteiger partial charge in [-0.2, -0.15) is 0 Å². The normalized spacial score (nSPS) is 17.7. The molecule has 1 unspecified atom stereocenters. The lowest BCUT2D eigenvalue weighted by Gasteiger charge is -2.24. The Hall–Kier alpha value is -0.450. The van der Waals surface area contributed by atoms with Crippen LogP contribution in [0.5, 0.6) is 0 Å². The molecule has 0 saturated heterocycles. The summed E-state index contributed by atoms with van der Waals surface area (Å²) in [5, 5.41) is 14.8. The summed E-state index contributed by atoms with van der Waals surface area (Å²) in [6, 6.07) is 0. The number of hydrogen-bond acceptors (Lipinski definition) is 4. The van der Waals surface area contributed by atoms with Crippen molar-refractivity contribution in [2.75, 3.05) is 6.54 Å². The number of nitrogens with zero attached hydrogens (tertiary/aromatic N) is 1. The van der Waals surface area contributed by atoms with Crippen molar-refractivity contribution in [1.29, 1.82) is 0 Å². The van der Waals surface area contributed by atoms with Crippen molar-refractivity contribution >= 4 is 11.3 Å². The zero-order valence-electron chi connectivity index (χ0n) is 12.3. The average molecular weight is 282 g/mol. The van der Waals surface area contributed by atoms with Gasteiger partial charge in [-0.3, -0.25) is 0 Å². The molecule has 0 saturated carbocycles. The van der Waals surface area contributed by atoms with Crippen LogP contribution in [0.2, 0.25) is 0 Å². The van der Waals surface area contributed by atoms with E-state index in [1.807, 2.05) is 18.3 Å². The second-order valence-electron chi connectivity index (χ2n) is 6.36. The van der Waals surface area contributed by atoms with E-state index in [1.54, 1.807) is 0 Å². The van der Waals surface area contributed by atoms with Crippen molar-refractivity contribution in [3.63, 3.8) is 0 Å². The number of nitrogens with one attached hydrogen (secondary N) is 1. The van der Waals surface area contributed by atoms with Crippen LogP contribution in [0.3, 0.4) is 0 Å². The van der Waals surface area contributed by atoms with E-state index < -0.39 is 5.60 Å². The van der Waals surface area contributed by atoms with Gasteiger partial charge in [-0.05, 0) is 44.9 Å². The van der Waals surface area contributed by atoms with Crippen LogP contribution in [0.25, 0.3) is 0 Å². The van der Waals surface area contributed by atoms with E-state index in [0.717, 1.165) is 25.8 Å². The van der Waals surface area contributed by atoms with E-state index in [1.165, 1.54) is 28.4 Å². The predicted molar refractivity (Wildman–Crippen MR) is 80.5 cm³/mol. The zero-order valence-corrected chi connectivity index (χ0v) is 13.1. The van der Waals surface area contributed by atoms with E-state index in [4.69, 9.17) is 0 Å². The number of fused-ring (bicyclic) bond motifs is 1. The summed E-state index contributed by atoms with van der Waals surface area (Å²) in [6.07, 6.45) is 5.55. The zero-order chi connectivity index (χ0) is 13.9. The monoisotopic (exact) mass is 282 g/mol. The number of rotatable bonds is 7. The molecule has 1 aliphatic rings. The van der Waals surface area contributed by atoms with Gasteiger partial charge in [0.25, 0.3) is 0 Å². The fraction of sp³-hybridized carbons (Fsp3) is 0.800. The Morgan fingerprint density at radius 2 is 2.21 bits per heavy atom. The maximum absolute atomic E-state index is 10.3. The molecule has 0 aliphatic heterocycles. The van der Waals surface area contributed by atoms with E-state index >= 15 is 0 Å². The third-order valence-electron chi connectivity index (χ3n) is 3.68. The third kappa shape index (κ3) is 4.55. The summed E-state index contributed by atoms with van der Waals surface area (Å²) in [6.45, 7) is 7.74. The van der Waals surface area contributed by atoms with Gasteiger partial charge in [0.15, 0.2) is 0 Å². The molecule has 1 aliphatic carbocycles. The van der Waals surface area contributed by atoms with Crippen molar-refractivity contribution in [3.8, 4) is 0 Å². The Balaban J connectivity index is 1.73. The van der Waals surface area contributed by atoms with Gasteiger partial charge >= 0.3 is 0 Å². The quantitative estimate of drug-likeness (QED) is 0.808.